The van der Waals surface area contributed by atoms with Crippen LogP contribution in [0.5, 0.6) is 0 Å². The van der Waals surface area contributed by atoms with Crippen LogP contribution in [-0.2, 0) is 9.22 Å². The van der Waals surface area contributed by atoms with E-state index in [9.17, 15) is 4.79 Å². The molecule has 0 aliphatic heterocycles. The molecular weight excluding hydrogens is 208 g/mol. The minimum absolute atomic E-state index is 0.137. The van der Waals surface area contributed by atoms with Gasteiger partial charge < -0.3 is 9.53 Å². The second-order valence-corrected chi connectivity index (χ2v) is 10.0. The van der Waals surface area contributed by atoms with Gasteiger partial charge in [0.1, 0.15) is 0 Å². The molecule has 0 spiro atoms. The molecule has 0 fully saturated rings. The lowest BCUT2D eigenvalue weighted by molar-refractivity contribution is -0.131. The van der Waals surface area contributed by atoms with Gasteiger partial charge in [0.15, 0.2) is 8.32 Å². The third-order valence-corrected chi connectivity index (χ3v) is 7.37. The van der Waals surface area contributed by atoms with Gasteiger partial charge in [-0.15, -0.1) is 0 Å². The summed E-state index contributed by atoms with van der Waals surface area (Å²) in [5.41, 5.74) is 0. The Labute approximate surface area is 93.3 Å². The standard InChI is InChI=1S/C11H22O3Si/c1-9(7-8-10(12)13)14-15(5,6)11(2,3)4/h7-9H,1-6H3,(H,12,13). The van der Waals surface area contributed by atoms with Crippen molar-refractivity contribution in [2.75, 3.05) is 0 Å². The molecule has 1 unspecified atom stereocenters. The number of carboxylic acid groups (broad SMARTS) is 1. The molecule has 0 aromatic heterocycles. The monoisotopic (exact) mass is 230 g/mol. The predicted octanol–water partition coefficient (Wildman–Crippen LogP) is 3.04. The summed E-state index contributed by atoms with van der Waals surface area (Å²) in [6, 6.07) is 0. The summed E-state index contributed by atoms with van der Waals surface area (Å²) >= 11 is 0. The van der Waals surface area contributed by atoms with Crippen molar-refractivity contribution in [1.29, 1.82) is 0 Å². The van der Waals surface area contributed by atoms with Crippen LogP contribution in [0.25, 0.3) is 0 Å². The summed E-state index contributed by atoms with van der Waals surface area (Å²) in [6.45, 7) is 12.7. The molecule has 0 rings (SSSR count). The molecule has 0 radical (unpaired) electrons. The Hall–Kier alpha value is -0.613. The van der Waals surface area contributed by atoms with Crippen molar-refractivity contribution in [2.24, 2.45) is 0 Å². The van der Waals surface area contributed by atoms with E-state index in [-0.39, 0.29) is 11.1 Å². The quantitative estimate of drug-likeness (QED) is 0.596. The molecule has 0 bridgehead atoms. The molecule has 0 saturated carbocycles. The van der Waals surface area contributed by atoms with Crippen molar-refractivity contribution in [1.82, 2.24) is 0 Å². The van der Waals surface area contributed by atoms with Crippen molar-refractivity contribution in [3.8, 4) is 0 Å². The van der Waals surface area contributed by atoms with Gasteiger partial charge in [-0.05, 0) is 25.1 Å². The van der Waals surface area contributed by atoms with Gasteiger partial charge in [-0.2, -0.15) is 0 Å². The highest BCUT2D eigenvalue weighted by atomic mass is 28.4. The highest BCUT2D eigenvalue weighted by Gasteiger charge is 2.37. The van der Waals surface area contributed by atoms with Gasteiger partial charge in [0.05, 0.1) is 6.10 Å². The maximum absolute atomic E-state index is 10.3. The lowest BCUT2D eigenvalue weighted by Gasteiger charge is -2.37. The fraction of sp³-hybridized carbons (Fsp3) is 0.727. The van der Waals surface area contributed by atoms with Gasteiger partial charge in [0.25, 0.3) is 0 Å². The first-order chi connectivity index (χ1) is 6.56. The molecule has 15 heavy (non-hydrogen) atoms. The zero-order valence-electron chi connectivity index (χ0n) is 10.5. The molecule has 1 N–H and O–H groups in total. The average Bonchev–Trinajstić information content (AvgIpc) is 1.97. The topological polar surface area (TPSA) is 46.5 Å². The first-order valence-corrected chi connectivity index (χ1v) is 8.06. The predicted molar refractivity (Wildman–Crippen MR) is 64.5 cm³/mol. The minimum atomic E-state index is -1.78. The molecule has 0 heterocycles. The molecule has 0 saturated heterocycles. The maximum Gasteiger partial charge on any atom is 0.328 e. The van der Waals surface area contributed by atoms with Crippen molar-refractivity contribution in [3.63, 3.8) is 0 Å². The molecule has 0 amide bonds. The second-order valence-electron chi connectivity index (χ2n) is 5.28. The van der Waals surface area contributed by atoms with E-state index in [2.05, 4.69) is 33.9 Å². The molecule has 0 aliphatic rings. The molecule has 0 aliphatic carbocycles. The Morgan fingerprint density at radius 2 is 1.87 bits per heavy atom. The number of rotatable bonds is 4. The van der Waals surface area contributed by atoms with Gasteiger partial charge in [-0.25, -0.2) is 4.79 Å². The van der Waals surface area contributed by atoms with Gasteiger partial charge in [-0.3, -0.25) is 0 Å². The zero-order valence-corrected chi connectivity index (χ0v) is 11.5. The van der Waals surface area contributed by atoms with Crippen LogP contribution in [0.4, 0.5) is 0 Å². The summed E-state index contributed by atoms with van der Waals surface area (Å²) in [5, 5.41) is 8.64. The summed E-state index contributed by atoms with van der Waals surface area (Å²) in [7, 11) is -1.78. The van der Waals surface area contributed by atoms with Crippen LogP contribution in [-0.4, -0.2) is 25.5 Å². The molecule has 0 aromatic rings. The second kappa shape index (κ2) is 4.94. The van der Waals surface area contributed by atoms with Crippen LogP contribution in [0.3, 0.4) is 0 Å². The smallest absolute Gasteiger partial charge is 0.328 e. The summed E-state index contributed by atoms with van der Waals surface area (Å²) in [6.07, 6.45) is 2.59. The molecule has 0 aromatic carbocycles. The highest BCUT2D eigenvalue weighted by Crippen LogP contribution is 2.37. The largest absolute Gasteiger partial charge is 0.478 e. The van der Waals surface area contributed by atoms with Crippen LogP contribution in [0.15, 0.2) is 12.2 Å². The Bertz CT molecular complexity index is 251. The molecule has 3 nitrogen and oxygen atoms in total. The van der Waals surface area contributed by atoms with E-state index in [0.717, 1.165) is 6.08 Å². The normalized spacial score (nSPS) is 15.6. The van der Waals surface area contributed by atoms with Crippen molar-refractivity contribution in [2.45, 2.75) is 51.9 Å². The van der Waals surface area contributed by atoms with Crippen LogP contribution >= 0.6 is 0 Å². The SMILES string of the molecule is CC(C=CC(=O)O)O[Si](C)(C)C(C)(C)C. The van der Waals surface area contributed by atoms with E-state index in [0.29, 0.717) is 0 Å². The van der Waals surface area contributed by atoms with E-state index in [1.807, 2.05) is 6.92 Å². The van der Waals surface area contributed by atoms with E-state index in [1.165, 1.54) is 0 Å². The first-order valence-electron chi connectivity index (χ1n) is 5.15. The Morgan fingerprint density at radius 3 is 2.20 bits per heavy atom. The third-order valence-electron chi connectivity index (χ3n) is 2.80. The van der Waals surface area contributed by atoms with Crippen molar-refractivity contribution in [3.05, 3.63) is 12.2 Å². The lowest BCUT2D eigenvalue weighted by atomic mass is 10.2. The lowest BCUT2D eigenvalue weighted by Crippen LogP contribution is -2.42. The van der Waals surface area contributed by atoms with E-state index in [4.69, 9.17) is 9.53 Å². The van der Waals surface area contributed by atoms with Crippen LogP contribution in [0.2, 0.25) is 18.1 Å². The summed E-state index contributed by atoms with van der Waals surface area (Å²) in [5.74, 6) is -0.930. The molecular formula is C11H22O3Si. The fourth-order valence-electron chi connectivity index (χ4n) is 0.899. The molecule has 4 heteroatoms. The number of hydrogen-bond acceptors (Lipinski definition) is 2. The third kappa shape index (κ3) is 5.13. The van der Waals surface area contributed by atoms with E-state index >= 15 is 0 Å². The average molecular weight is 230 g/mol. The highest BCUT2D eigenvalue weighted by molar-refractivity contribution is 6.74. The minimum Gasteiger partial charge on any atom is -0.478 e. The molecule has 1 atom stereocenters. The number of carboxylic acids is 1. The first kappa shape index (κ1) is 14.4. The number of carbonyl (C=O) groups is 1. The fourth-order valence-corrected chi connectivity index (χ4v) is 2.26. The van der Waals surface area contributed by atoms with Crippen LogP contribution in [0.1, 0.15) is 27.7 Å². The van der Waals surface area contributed by atoms with Crippen molar-refractivity contribution >= 4 is 14.3 Å². The Kier molecular flexibility index (Phi) is 4.74. The van der Waals surface area contributed by atoms with Crippen LogP contribution < -0.4 is 0 Å². The van der Waals surface area contributed by atoms with E-state index < -0.39 is 14.3 Å². The molecule has 88 valence electrons. The number of aliphatic carboxylic acids is 1. The Morgan fingerprint density at radius 1 is 1.40 bits per heavy atom. The Balaban J connectivity index is 4.41. The van der Waals surface area contributed by atoms with Gasteiger partial charge in [0.2, 0.25) is 0 Å². The van der Waals surface area contributed by atoms with Crippen molar-refractivity contribution < 1.29 is 14.3 Å². The number of hydrogen-bond donors (Lipinski definition) is 1. The zero-order chi connectivity index (χ0) is 12.3. The van der Waals surface area contributed by atoms with Gasteiger partial charge in [-0.1, -0.05) is 26.8 Å². The van der Waals surface area contributed by atoms with Gasteiger partial charge in [0, 0.05) is 6.08 Å². The van der Waals surface area contributed by atoms with Crippen LogP contribution in [0, 0.1) is 0 Å². The van der Waals surface area contributed by atoms with Gasteiger partial charge >= 0.3 is 5.97 Å². The van der Waals surface area contributed by atoms with E-state index in [1.54, 1.807) is 6.08 Å². The maximum atomic E-state index is 10.3. The summed E-state index contributed by atoms with van der Waals surface area (Å²) < 4.78 is 5.94. The summed E-state index contributed by atoms with van der Waals surface area (Å²) in [4.78, 5) is 10.3.